The number of carbonyl (C=O) groups is 1. The molecule has 0 spiro atoms. The first-order valence-corrected chi connectivity index (χ1v) is 9.73. The third kappa shape index (κ3) is 4.96. The lowest BCUT2D eigenvalue weighted by Gasteiger charge is -2.10. The summed E-state index contributed by atoms with van der Waals surface area (Å²) in [4.78, 5) is 11.6. The Kier molecular flexibility index (Phi) is 6.45. The molecule has 25 heavy (non-hydrogen) atoms. The van der Waals surface area contributed by atoms with E-state index in [1.54, 1.807) is 12.1 Å². The Hall–Kier alpha value is -2.05. The summed E-state index contributed by atoms with van der Waals surface area (Å²) in [5.41, 5.74) is 1.61. The van der Waals surface area contributed by atoms with Gasteiger partial charge >= 0.3 is 5.97 Å². The lowest BCUT2D eigenvalue weighted by molar-refractivity contribution is 0.0600. The average Bonchev–Trinajstić information content (AvgIpc) is 2.60. The maximum absolute atomic E-state index is 12.5. The Labute approximate surface area is 153 Å². The van der Waals surface area contributed by atoms with Crippen molar-refractivity contribution in [2.75, 3.05) is 11.8 Å². The molecule has 0 radical (unpaired) electrons. The van der Waals surface area contributed by atoms with Gasteiger partial charge in [-0.2, -0.15) is 0 Å². The van der Waals surface area contributed by atoms with Crippen LogP contribution in [-0.4, -0.2) is 21.5 Å². The van der Waals surface area contributed by atoms with E-state index in [0.717, 1.165) is 24.8 Å². The smallest absolute Gasteiger partial charge is 0.339 e. The molecule has 0 aliphatic rings. The van der Waals surface area contributed by atoms with E-state index in [1.165, 1.54) is 25.3 Å². The normalized spacial score (nSPS) is 11.2. The molecule has 7 heteroatoms. The van der Waals surface area contributed by atoms with E-state index in [-0.39, 0.29) is 15.5 Å². The number of anilines is 1. The molecule has 1 N–H and O–H groups in total. The summed E-state index contributed by atoms with van der Waals surface area (Å²) in [5.74, 6) is -0.692. The summed E-state index contributed by atoms with van der Waals surface area (Å²) >= 11 is 5.92. The summed E-state index contributed by atoms with van der Waals surface area (Å²) in [6.45, 7) is 2.12. The molecule has 134 valence electrons. The standard InChI is InChI=1S/C18H20ClNO4S/c1-3-4-5-13-6-8-14(9-7-13)20-25(22,23)15-10-11-17(19)16(12-15)18(21)24-2/h6-12,20H,3-5H2,1-2H3. The van der Waals surface area contributed by atoms with Gasteiger partial charge in [-0.25, -0.2) is 13.2 Å². The number of benzene rings is 2. The van der Waals surface area contributed by atoms with E-state index in [2.05, 4.69) is 16.4 Å². The molecule has 0 heterocycles. The zero-order valence-electron chi connectivity index (χ0n) is 14.1. The van der Waals surface area contributed by atoms with E-state index >= 15 is 0 Å². The highest BCUT2D eigenvalue weighted by molar-refractivity contribution is 7.92. The number of hydrogen-bond acceptors (Lipinski definition) is 4. The zero-order chi connectivity index (χ0) is 18.4. The molecule has 2 aromatic rings. The van der Waals surface area contributed by atoms with Crippen LogP contribution in [0.15, 0.2) is 47.4 Å². The molecule has 0 saturated heterocycles. The molecule has 0 saturated carbocycles. The fourth-order valence-electron chi connectivity index (χ4n) is 2.27. The molecule has 2 aromatic carbocycles. The lowest BCUT2D eigenvalue weighted by Crippen LogP contribution is -2.14. The van der Waals surface area contributed by atoms with Gasteiger partial charge in [0, 0.05) is 5.69 Å². The van der Waals surface area contributed by atoms with Gasteiger partial charge in [0.1, 0.15) is 0 Å². The molecule has 0 aromatic heterocycles. The summed E-state index contributed by atoms with van der Waals surface area (Å²) < 4.78 is 32.2. The minimum absolute atomic E-state index is 0.00181. The lowest BCUT2D eigenvalue weighted by atomic mass is 10.1. The Bertz CT molecular complexity index is 848. The number of sulfonamides is 1. The summed E-state index contributed by atoms with van der Waals surface area (Å²) in [6.07, 6.45) is 3.16. The molecule has 0 fully saturated rings. The van der Waals surface area contributed by atoms with Crippen LogP contribution in [0.25, 0.3) is 0 Å². The van der Waals surface area contributed by atoms with E-state index in [4.69, 9.17) is 11.6 Å². The summed E-state index contributed by atoms with van der Waals surface area (Å²) in [5, 5.41) is 0.131. The van der Waals surface area contributed by atoms with Crippen LogP contribution in [0.3, 0.4) is 0 Å². The molecule has 0 bridgehead atoms. The molecule has 0 atom stereocenters. The molecule has 0 amide bonds. The van der Waals surface area contributed by atoms with Crippen molar-refractivity contribution in [1.29, 1.82) is 0 Å². The number of unbranched alkanes of at least 4 members (excludes halogenated alkanes) is 1. The van der Waals surface area contributed by atoms with Crippen molar-refractivity contribution in [2.24, 2.45) is 0 Å². The molecule has 0 aliphatic carbocycles. The van der Waals surface area contributed by atoms with Crippen LogP contribution >= 0.6 is 11.6 Å². The van der Waals surface area contributed by atoms with Crippen LogP contribution in [-0.2, 0) is 21.2 Å². The minimum Gasteiger partial charge on any atom is -0.465 e. The quantitative estimate of drug-likeness (QED) is 0.727. The molecule has 0 unspecified atom stereocenters. The van der Waals surface area contributed by atoms with Crippen molar-refractivity contribution >= 4 is 33.3 Å². The Morgan fingerprint density at radius 3 is 2.44 bits per heavy atom. The second-order valence-electron chi connectivity index (χ2n) is 5.54. The molecule has 0 aliphatic heterocycles. The third-order valence-corrected chi connectivity index (χ3v) is 5.39. The van der Waals surface area contributed by atoms with Gasteiger partial charge in [0.15, 0.2) is 0 Å². The van der Waals surface area contributed by atoms with E-state index in [1.807, 2.05) is 12.1 Å². The van der Waals surface area contributed by atoms with Gasteiger partial charge in [0.2, 0.25) is 0 Å². The highest BCUT2D eigenvalue weighted by atomic mass is 35.5. The van der Waals surface area contributed by atoms with Gasteiger partial charge in [-0.05, 0) is 48.7 Å². The zero-order valence-corrected chi connectivity index (χ0v) is 15.7. The van der Waals surface area contributed by atoms with Crippen molar-refractivity contribution < 1.29 is 17.9 Å². The number of hydrogen-bond donors (Lipinski definition) is 1. The van der Waals surface area contributed by atoms with Crippen LogP contribution in [0, 0.1) is 0 Å². The highest BCUT2D eigenvalue weighted by Crippen LogP contribution is 2.23. The van der Waals surface area contributed by atoms with Crippen LogP contribution in [0.2, 0.25) is 5.02 Å². The number of halogens is 1. The molecular weight excluding hydrogens is 362 g/mol. The maximum atomic E-state index is 12.5. The minimum atomic E-state index is -3.84. The van der Waals surface area contributed by atoms with Crippen molar-refractivity contribution in [3.05, 3.63) is 58.6 Å². The number of ether oxygens (including phenoxy) is 1. The third-order valence-electron chi connectivity index (χ3n) is 3.68. The van der Waals surface area contributed by atoms with E-state index in [9.17, 15) is 13.2 Å². The number of methoxy groups -OCH3 is 1. The number of rotatable bonds is 7. The number of nitrogens with one attached hydrogen (secondary N) is 1. The number of aryl methyl sites for hydroxylation is 1. The topological polar surface area (TPSA) is 72.5 Å². The Balaban J connectivity index is 2.23. The summed E-state index contributed by atoms with van der Waals surface area (Å²) in [7, 11) is -2.63. The summed E-state index contributed by atoms with van der Waals surface area (Å²) in [6, 6.07) is 11.1. The second-order valence-corrected chi connectivity index (χ2v) is 7.63. The van der Waals surface area contributed by atoms with E-state index < -0.39 is 16.0 Å². The fraction of sp³-hybridized carbons (Fsp3) is 0.278. The van der Waals surface area contributed by atoms with Gasteiger partial charge < -0.3 is 4.74 Å². The fourth-order valence-corrected chi connectivity index (χ4v) is 3.55. The van der Waals surface area contributed by atoms with Gasteiger partial charge in [-0.1, -0.05) is 37.1 Å². The van der Waals surface area contributed by atoms with Gasteiger partial charge in [-0.15, -0.1) is 0 Å². The SMILES string of the molecule is CCCCc1ccc(NS(=O)(=O)c2ccc(Cl)c(C(=O)OC)c2)cc1. The van der Waals surface area contributed by atoms with Crippen molar-refractivity contribution in [3.8, 4) is 0 Å². The first-order valence-electron chi connectivity index (χ1n) is 7.87. The molecular formula is C18H20ClNO4S. The monoisotopic (exact) mass is 381 g/mol. The van der Waals surface area contributed by atoms with Gasteiger partial charge in [0.05, 0.1) is 22.6 Å². The average molecular weight is 382 g/mol. The molecule has 2 rings (SSSR count). The number of esters is 1. The van der Waals surface area contributed by atoms with Crippen LogP contribution < -0.4 is 4.72 Å². The van der Waals surface area contributed by atoms with Crippen LogP contribution in [0.5, 0.6) is 0 Å². The largest absolute Gasteiger partial charge is 0.465 e. The van der Waals surface area contributed by atoms with Crippen LogP contribution in [0.1, 0.15) is 35.7 Å². The first kappa shape index (κ1) is 19.3. The van der Waals surface area contributed by atoms with Gasteiger partial charge in [0.25, 0.3) is 10.0 Å². The maximum Gasteiger partial charge on any atom is 0.339 e. The van der Waals surface area contributed by atoms with Gasteiger partial charge in [-0.3, -0.25) is 4.72 Å². The van der Waals surface area contributed by atoms with Crippen molar-refractivity contribution in [1.82, 2.24) is 0 Å². The molecule has 5 nitrogen and oxygen atoms in total. The van der Waals surface area contributed by atoms with E-state index in [0.29, 0.717) is 5.69 Å². The Morgan fingerprint density at radius 2 is 1.84 bits per heavy atom. The second kappa shape index (κ2) is 8.36. The Morgan fingerprint density at radius 1 is 1.16 bits per heavy atom. The predicted molar refractivity (Wildman–Crippen MR) is 98.7 cm³/mol. The van der Waals surface area contributed by atoms with Crippen molar-refractivity contribution in [3.63, 3.8) is 0 Å². The number of carbonyl (C=O) groups excluding carboxylic acids is 1. The highest BCUT2D eigenvalue weighted by Gasteiger charge is 2.19. The van der Waals surface area contributed by atoms with Crippen molar-refractivity contribution in [2.45, 2.75) is 31.1 Å². The predicted octanol–water partition coefficient (Wildman–Crippen LogP) is 4.27. The first-order chi connectivity index (χ1) is 11.9. The van der Waals surface area contributed by atoms with Crippen LogP contribution in [0.4, 0.5) is 5.69 Å².